The smallest absolute Gasteiger partial charge is 0.206 e. The van der Waals surface area contributed by atoms with E-state index in [9.17, 15) is 8.42 Å². The molecule has 3 aromatic carbocycles. The number of aryl methyl sites for hydroxylation is 1. The molecule has 4 rings (SSSR count). The molecule has 0 fully saturated rings. The van der Waals surface area contributed by atoms with Crippen molar-refractivity contribution in [3.05, 3.63) is 84.9 Å². The number of hydrogen-bond donors (Lipinski definition) is 0. The Hall–Kier alpha value is -3.36. The van der Waals surface area contributed by atoms with Crippen LogP contribution in [0.3, 0.4) is 0 Å². The van der Waals surface area contributed by atoms with Gasteiger partial charge in [-0.25, -0.2) is 8.42 Å². The van der Waals surface area contributed by atoms with Crippen molar-refractivity contribution < 1.29 is 8.42 Å². The first-order valence-electron chi connectivity index (χ1n) is 8.97. The van der Waals surface area contributed by atoms with Gasteiger partial charge in [0.1, 0.15) is 0 Å². The fourth-order valence-electron chi connectivity index (χ4n) is 3.40. The highest BCUT2D eigenvalue weighted by molar-refractivity contribution is 7.91. The predicted molar refractivity (Wildman–Crippen MR) is 109 cm³/mol. The van der Waals surface area contributed by atoms with Crippen LogP contribution in [0.4, 0.5) is 0 Å². The molecule has 0 atom stereocenters. The molecule has 0 N–H and O–H groups in total. The van der Waals surface area contributed by atoms with Gasteiger partial charge in [0, 0.05) is 23.1 Å². The summed E-state index contributed by atoms with van der Waals surface area (Å²) in [7, 11) is -3.58. The summed E-state index contributed by atoms with van der Waals surface area (Å²) < 4.78 is 28.0. The van der Waals surface area contributed by atoms with E-state index in [0.717, 1.165) is 22.2 Å². The van der Waals surface area contributed by atoms with Crippen molar-refractivity contribution >= 4 is 20.7 Å². The van der Waals surface area contributed by atoms with Gasteiger partial charge in [-0.2, -0.15) is 5.26 Å². The highest BCUT2D eigenvalue weighted by Crippen LogP contribution is 2.31. The van der Waals surface area contributed by atoms with Crippen LogP contribution in [0.15, 0.2) is 94.7 Å². The maximum Gasteiger partial charge on any atom is 0.206 e. The van der Waals surface area contributed by atoms with E-state index in [4.69, 9.17) is 5.26 Å². The zero-order valence-electron chi connectivity index (χ0n) is 15.1. The SMILES string of the molecule is N#CCCn1c(-c2ccccc2)cc2cc(S(=O)(=O)c3ccccc3)ccc21. The summed E-state index contributed by atoms with van der Waals surface area (Å²) in [6.45, 7) is 0.551. The Morgan fingerprint density at radius 2 is 1.50 bits per heavy atom. The lowest BCUT2D eigenvalue weighted by atomic mass is 10.1. The number of nitrogens with zero attached hydrogens (tertiary/aromatic N) is 2. The number of aromatic nitrogens is 1. The van der Waals surface area contributed by atoms with E-state index in [2.05, 4.69) is 10.6 Å². The zero-order chi connectivity index (χ0) is 19.6. The lowest BCUT2D eigenvalue weighted by Gasteiger charge is -2.09. The monoisotopic (exact) mass is 386 g/mol. The van der Waals surface area contributed by atoms with Gasteiger partial charge in [-0.05, 0) is 42.0 Å². The second kappa shape index (κ2) is 7.34. The molecular formula is C23H18N2O2S. The normalized spacial score (nSPS) is 11.4. The molecule has 4 nitrogen and oxygen atoms in total. The summed E-state index contributed by atoms with van der Waals surface area (Å²) in [4.78, 5) is 0.546. The summed E-state index contributed by atoms with van der Waals surface area (Å²) in [6, 6.07) is 27.7. The Bertz CT molecular complexity index is 1270. The molecule has 0 spiro atoms. The lowest BCUT2D eigenvalue weighted by Crippen LogP contribution is -2.02. The zero-order valence-corrected chi connectivity index (χ0v) is 15.9. The van der Waals surface area contributed by atoms with Crippen molar-refractivity contribution in [3.8, 4) is 17.3 Å². The van der Waals surface area contributed by atoms with Crippen LogP contribution in [0, 0.1) is 11.3 Å². The van der Waals surface area contributed by atoms with Crippen molar-refractivity contribution in [2.75, 3.05) is 0 Å². The second-order valence-corrected chi connectivity index (χ2v) is 8.44. The third kappa shape index (κ3) is 3.19. The highest BCUT2D eigenvalue weighted by Gasteiger charge is 2.19. The second-order valence-electron chi connectivity index (χ2n) is 6.49. The van der Waals surface area contributed by atoms with Gasteiger partial charge >= 0.3 is 0 Å². The number of sulfone groups is 1. The average molecular weight is 386 g/mol. The van der Waals surface area contributed by atoms with E-state index in [-0.39, 0.29) is 9.79 Å². The summed E-state index contributed by atoms with van der Waals surface area (Å²) in [5.41, 5.74) is 2.92. The summed E-state index contributed by atoms with van der Waals surface area (Å²) in [5.74, 6) is 0. The van der Waals surface area contributed by atoms with E-state index < -0.39 is 9.84 Å². The van der Waals surface area contributed by atoms with Crippen LogP contribution in [-0.2, 0) is 16.4 Å². The Labute approximate surface area is 164 Å². The molecule has 0 unspecified atom stereocenters. The molecule has 0 amide bonds. The van der Waals surface area contributed by atoms with Crippen LogP contribution in [-0.4, -0.2) is 13.0 Å². The maximum absolute atomic E-state index is 13.0. The molecule has 1 aromatic heterocycles. The van der Waals surface area contributed by atoms with Crippen LogP contribution in [0.5, 0.6) is 0 Å². The van der Waals surface area contributed by atoms with Crippen LogP contribution >= 0.6 is 0 Å². The standard InChI is InChI=1S/C23H18N2O2S/c24-14-7-15-25-22-13-12-21(28(26,27)20-10-5-2-6-11-20)16-19(22)17-23(25)18-8-3-1-4-9-18/h1-6,8-13,16-17H,7,15H2. The topological polar surface area (TPSA) is 62.9 Å². The first-order valence-corrected chi connectivity index (χ1v) is 10.5. The summed E-state index contributed by atoms with van der Waals surface area (Å²) >= 11 is 0. The van der Waals surface area contributed by atoms with E-state index >= 15 is 0 Å². The Morgan fingerprint density at radius 3 is 2.18 bits per heavy atom. The van der Waals surface area contributed by atoms with Gasteiger partial charge in [-0.3, -0.25) is 0 Å². The number of hydrogen-bond acceptors (Lipinski definition) is 3. The van der Waals surface area contributed by atoms with Gasteiger partial charge < -0.3 is 4.57 Å². The van der Waals surface area contributed by atoms with E-state index in [1.165, 1.54) is 0 Å². The van der Waals surface area contributed by atoms with Crippen molar-refractivity contribution in [1.82, 2.24) is 4.57 Å². The predicted octanol–water partition coefficient (Wildman–Crippen LogP) is 5.05. The number of benzene rings is 3. The summed E-state index contributed by atoms with van der Waals surface area (Å²) in [6.07, 6.45) is 0.383. The maximum atomic E-state index is 13.0. The van der Waals surface area contributed by atoms with E-state index in [1.54, 1.807) is 42.5 Å². The molecule has 0 saturated carbocycles. The number of rotatable bonds is 5. The quantitative estimate of drug-likeness (QED) is 0.482. The molecule has 0 aliphatic rings. The molecule has 0 bridgehead atoms. The Morgan fingerprint density at radius 1 is 0.821 bits per heavy atom. The van der Waals surface area contributed by atoms with Crippen molar-refractivity contribution in [3.63, 3.8) is 0 Å². The lowest BCUT2D eigenvalue weighted by molar-refractivity contribution is 0.596. The van der Waals surface area contributed by atoms with Gasteiger partial charge in [-0.1, -0.05) is 48.5 Å². The molecule has 0 radical (unpaired) electrons. The molecule has 0 saturated heterocycles. The fraction of sp³-hybridized carbons (Fsp3) is 0.0870. The van der Waals surface area contributed by atoms with Crippen molar-refractivity contribution in [2.24, 2.45) is 0 Å². The number of fused-ring (bicyclic) bond motifs is 1. The van der Waals surface area contributed by atoms with Crippen LogP contribution in [0.25, 0.3) is 22.2 Å². The third-order valence-corrected chi connectivity index (χ3v) is 6.52. The van der Waals surface area contributed by atoms with Crippen molar-refractivity contribution in [1.29, 1.82) is 5.26 Å². The molecule has 0 aliphatic heterocycles. The molecule has 5 heteroatoms. The van der Waals surface area contributed by atoms with Gasteiger partial charge in [0.15, 0.2) is 0 Å². The number of nitriles is 1. The highest BCUT2D eigenvalue weighted by atomic mass is 32.2. The minimum Gasteiger partial charge on any atom is -0.339 e. The Kier molecular flexibility index (Phi) is 4.72. The van der Waals surface area contributed by atoms with Gasteiger partial charge in [0.2, 0.25) is 9.84 Å². The van der Waals surface area contributed by atoms with Crippen LogP contribution in [0.2, 0.25) is 0 Å². The molecule has 1 heterocycles. The summed E-state index contributed by atoms with van der Waals surface area (Å²) in [5, 5.41) is 9.87. The van der Waals surface area contributed by atoms with E-state index in [1.807, 2.05) is 42.5 Å². The van der Waals surface area contributed by atoms with Crippen LogP contribution < -0.4 is 0 Å². The third-order valence-electron chi connectivity index (χ3n) is 4.75. The Balaban J connectivity index is 1.88. The van der Waals surface area contributed by atoms with Gasteiger partial charge in [0.25, 0.3) is 0 Å². The minimum absolute atomic E-state index is 0.267. The first kappa shape index (κ1) is 18.0. The first-order chi connectivity index (χ1) is 13.6. The molecule has 0 aliphatic carbocycles. The molecule has 4 aromatic rings. The fourth-order valence-corrected chi connectivity index (χ4v) is 4.72. The average Bonchev–Trinajstić information content (AvgIpc) is 3.11. The molecule has 28 heavy (non-hydrogen) atoms. The van der Waals surface area contributed by atoms with Crippen molar-refractivity contribution in [2.45, 2.75) is 22.8 Å². The minimum atomic E-state index is -3.58. The van der Waals surface area contributed by atoms with E-state index in [0.29, 0.717) is 13.0 Å². The molecule has 138 valence electrons. The molecular weight excluding hydrogens is 368 g/mol. The van der Waals surface area contributed by atoms with Crippen LogP contribution in [0.1, 0.15) is 6.42 Å². The largest absolute Gasteiger partial charge is 0.339 e. The van der Waals surface area contributed by atoms with Gasteiger partial charge in [-0.15, -0.1) is 0 Å². The van der Waals surface area contributed by atoms with Gasteiger partial charge in [0.05, 0.1) is 22.3 Å².